The molecule has 39 heavy (non-hydrogen) atoms. The predicted molar refractivity (Wildman–Crippen MR) is 147 cm³/mol. The minimum Gasteiger partial charge on any atom is -0.545 e. The number of ether oxygens (including phenoxy) is 1. The predicted octanol–water partition coefficient (Wildman–Crippen LogP) is 3.14. The highest BCUT2D eigenvalue weighted by molar-refractivity contribution is 7.98. The van der Waals surface area contributed by atoms with Gasteiger partial charge in [-0.05, 0) is 55.5 Å². The van der Waals surface area contributed by atoms with Crippen LogP contribution < -0.4 is 20.0 Å². The summed E-state index contributed by atoms with van der Waals surface area (Å²) in [5.74, 6) is -0.795. The van der Waals surface area contributed by atoms with E-state index in [0.29, 0.717) is 37.7 Å². The van der Waals surface area contributed by atoms with Crippen molar-refractivity contribution in [3.63, 3.8) is 0 Å². The number of rotatable bonds is 7. The van der Waals surface area contributed by atoms with E-state index in [0.717, 1.165) is 10.5 Å². The topological polar surface area (TPSA) is 114 Å². The summed E-state index contributed by atoms with van der Waals surface area (Å²) < 4.78 is 13.2. The van der Waals surface area contributed by atoms with Gasteiger partial charge in [0.15, 0.2) is 4.80 Å². The zero-order chi connectivity index (χ0) is 27.7. The molecule has 4 aromatic rings. The summed E-state index contributed by atoms with van der Waals surface area (Å²) >= 11 is 2.81. The number of carboxylic acids is 1. The zero-order valence-corrected chi connectivity index (χ0v) is 22.9. The largest absolute Gasteiger partial charge is 0.545 e. The molecular weight excluding hydrogens is 536 g/mol. The second-order valence-corrected chi connectivity index (χ2v) is 10.5. The molecule has 10 heteroatoms. The molecule has 0 saturated heterocycles. The fourth-order valence-electron chi connectivity index (χ4n) is 4.38. The number of benzene rings is 2. The number of aromatic carboxylic acids is 1. The molecule has 0 bridgehead atoms. The van der Waals surface area contributed by atoms with Crippen molar-refractivity contribution in [1.82, 2.24) is 4.57 Å². The Labute approximate surface area is 231 Å². The Kier molecular flexibility index (Phi) is 7.40. The maximum Gasteiger partial charge on any atom is 0.338 e. The van der Waals surface area contributed by atoms with E-state index in [1.165, 1.54) is 28.0 Å². The van der Waals surface area contributed by atoms with E-state index in [-0.39, 0.29) is 17.7 Å². The number of carbonyl (C=O) groups is 2. The molecule has 8 nitrogen and oxygen atoms in total. The van der Waals surface area contributed by atoms with Gasteiger partial charge in [-0.2, -0.15) is 0 Å². The van der Waals surface area contributed by atoms with Crippen molar-refractivity contribution >= 4 is 41.1 Å². The number of carbonyl (C=O) groups excluding carboxylic acids is 2. The van der Waals surface area contributed by atoms with Crippen LogP contribution in [0.25, 0.3) is 17.4 Å². The van der Waals surface area contributed by atoms with Crippen LogP contribution in [0.1, 0.15) is 41.6 Å². The van der Waals surface area contributed by atoms with Crippen LogP contribution in [-0.2, 0) is 9.53 Å². The van der Waals surface area contributed by atoms with E-state index in [1.54, 1.807) is 56.0 Å². The average molecular weight is 560 g/mol. The number of hydrogen-bond acceptors (Lipinski definition) is 9. The van der Waals surface area contributed by atoms with Gasteiger partial charge < -0.3 is 19.1 Å². The first-order valence-electron chi connectivity index (χ1n) is 12.1. The Morgan fingerprint density at radius 3 is 2.49 bits per heavy atom. The van der Waals surface area contributed by atoms with Crippen molar-refractivity contribution in [3.8, 4) is 11.3 Å². The van der Waals surface area contributed by atoms with Crippen molar-refractivity contribution in [2.45, 2.75) is 24.8 Å². The molecule has 198 valence electrons. The summed E-state index contributed by atoms with van der Waals surface area (Å²) in [6.07, 6.45) is 3.62. The summed E-state index contributed by atoms with van der Waals surface area (Å²) in [5, 5.41) is 11.0. The fraction of sp³-hybridized carbons (Fsp3) is 0.172. The number of carboxylic acid groups (broad SMARTS) is 1. The number of furan rings is 1. The second-order valence-electron chi connectivity index (χ2n) is 8.64. The van der Waals surface area contributed by atoms with E-state index in [1.807, 2.05) is 30.5 Å². The number of thioether (sulfide) groups is 1. The van der Waals surface area contributed by atoms with E-state index in [4.69, 9.17) is 9.15 Å². The molecule has 0 saturated carbocycles. The molecule has 3 heterocycles. The Bertz CT molecular complexity index is 1780. The molecule has 0 spiro atoms. The summed E-state index contributed by atoms with van der Waals surface area (Å²) in [6, 6.07) is 16.7. The Hall–Kier alpha value is -4.15. The monoisotopic (exact) mass is 559 g/mol. The van der Waals surface area contributed by atoms with Gasteiger partial charge >= 0.3 is 5.97 Å². The van der Waals surface area contributed by atoms with E-state index in [2.05, 4.69) is 4.99 Å². The van der Waals surface area contributed by atoms with Gasteiger partial charge in [0.2, 0.25) is 0 Å². The van der Waals surface area contributed by atoms with Crippen molar-refractivity contribution in [3.05, 3.63) is 109 Å². The molecule has 0 N–H and O–H groups in total. The molecular formula is C29H23N2O6S2-. The molecule has 0 fully saturated rings. The number of esters is 1. The average Bonchev–Trinajstić information content (AvgIpc) is 3.52. The highest BCUT2D eigenvalue weighted by atomic mass is 32.2. The van der Waals surface area contributed by atoms with Crippen molar-refractivity contribution in [2.24, 2.45) is 4.99 Å². The standard InChI is InChI=1S/C29H24N2O6S2/c1-4-36-28(35)24-16(2)30-29-31(25(24)18-9-12-21(38-3)13-10-18)26(32)23(39-29)15-20-11-14-22(37-20)17-5-7-19(8-6-17)27(33)34/h5-15,25H,4H2,1-3H3,(H,33,34)/p-1/b23-15-/t25-/m1/s1. The van der Waals surface area contributed by atoms with E-state index in [9.17, 15) is 19.5 Å². The van der Waals surface area contributed by atoms with Gasteiger partial charge in [-0.3, -0.25) is 9.36 Å². The first-order valence-corrected chi connectivity index (χ1v) is 14.1. The number of hydrogen-bond donors (Lipinski definition) is 0. The Balaban J connectivity index is 1.59. The van der Waals surface area contributed by atoms with Gasteiger partial charge in [0.25, 0.3) is 5.56 Å². The first-order chi connectivity index (χ1) is 18.8. The van der Waals surface area contributed by atoms with Gasteiger partial charge in [-0.1, -0.05) is 47.7 Å². The lowest BCUT2D eigenvalue weighted by Crippen LogP contribution is -2.39. The van der Waals surface area contributed by atoms with Crippen molar-refractivity contribution < 1.29 is 23.8 Å². The van der Waals surface area contributed by atoms with Crippen LogP contribution in [0.2, 0.25) is 0 Å². The third-order valence-electron chi connectivity index (χ3n) is 6.25. The van der Waals surface area contributed by atoms with Gasteiger partial charge in [-0.25, -0.2) is 9.79 Å². The van der Waals surface area contributed by atoms with Gasteiger partial charge in [0, 0.05) is 16.5 Å². The lowest BCUT2D eigenvalue weighted by molar-refractivity contribution is -0.255. The van der Waals surface area contributed by atoms with Gasteiger partial charge in [-0.15, -0.1) is 11.8 Å². The van der Waals surface area contributed by atoms with Gasteiger partial charge in [0.05, 0.1) is 34.4 Å². The molecule has 0 unspecified atom stereocenters. The SMILES string of the molecule is CCOC(=O)C1=C(C)N=c2s/c(=C\c3ccc(-c4ccc(C(=O)[O-])cc4)o3)c(=O)n2[C@@H]1c1ccc(SC)cc1. The molecule has 5 rings (SSSR count). The first kappa shape index (κ1) is 26.5. The van der Waals surface area contributed by atoms with Crippen LogP contribution in [0.3, 0.4) is 0 Å². The minimum absolute atomic E-state index is 0.0711. The van der Waals surface area contributed by atoms with Crippen LogP contribution in [-0.4, -0.2) is 29.4 Å². The zero-order valence-electron chi connectivity index (χ0n) is 21.3. The molecule has 1 aliphatic rings. The maximum atomic E-state index is 13.7. The molecule has 1 aliphatic heterocycles. The second kappa shape index (κ2) is 10.9. The highest BCUT2D eigenvalue weighted by Crippen LogP contribution is 2.31. The van der Waals surface area contributed by atoms with Crippen LogP contribution in [0.15, 0.2) is 91.0 Å². The highest BCUT2D eigenvalue weighted by Gasteiger charge is 2.33. The Morgan fingerprint density at radius 2 is 1.85 bits per heavy atom. The summed E-state index contributed by atoms with van der Waals surface area (Å²) in [6.45, 7) is 3.69. The van der Waals surface area contributed by atoms with Crippen LogP contribution >= 0.6 is 23.1 Å². The summed E-state index contributed by atoms with van der Waals surface area (Å²) in [4.78, 5) is 43.9. The third-order valence-corrected chi connectivity index (χ3v) is 7.98. The van der Waals surface area contributed by atoms with E-state index >= 15 is 0 Å². The number of nitrogens with zero attached hydrogens (tertiary/aromatic N) is 2. The molecule has 2 aromatic heterocycles. The maximum absolute atomic E-state index is 13.7. The molecule has 2 aromatic carbocycles. The lowest BCUT2D eigenvalue weighted by Gasteiger charge is -2.24. The molecule has 1 atom stereocenters. The minimum atomic E-state index is -1.25. The summed E-state index contributed by atoms with van der Waals surface area (Å²) in [5.41, 5.74) is 2.06. The number of allylic oxidation sites excluding steroid dienone is 1. The molecule has 0 amide bonds. The number of thiazole rings is 1. The van der Waals surface area contributed by atoms with Crippen molar-refractivity contribution in [1.29, 1.82) is 0 Å². The fourth-order valence-corrected chi connectivity index (χ4v) is 5.81. The van der Waals surface area contributed by atoms with Crippen molar-refractivity contribution in [2.75, 3.05) is 12.9 Å². The third kappa shape index (κ3) is 5.13. The normalized spacial score (nSPS) is 15.2. The quantitative estimate of drug-likeness (QED) is 0.252. The molecule has 0 radical (unpaired) electrons. The number of aromatic nitrogens is 1. The summed E-state index contributed by atoms with van der Waals surface area (Å²) in [7, 11) is 0. The van der Waals surface area contributed by atoms with Crippen LogP contribution in [0.5, 0.6) is 0 Å². The smallest absolute Gasteiger partial charge is 0.338 e. The van der Waals surface area contributed by atoms with E-state index < -0.39 is 18.0 Å². The van der Waals surface area contributed by atoms with Gasteiger partial charge in [0.1, 0.15) is 11.5 Å². The number of fused-ring (bicyclic) bond motifs is 1. The Morgan fingerprint density at radius 1 is 1.13 bits per heavy atom. The van der Waals surface area contributed by atoms with Crippen LogP contribution in [0, 0.1) is 0 Å². The van der Waals surface area contributed by atoms with Crippen LogP contribution in [0.4, 0.5) is 0 Å². The lowest BCUT2D eigenvalue weighted by atomic mass is 9.96. The molecule has 0 aliphatic carbocycles.